The third kappa shape index (κ3) is 6.25. The number of rotatable bonds is 7. The van der Waals surface area contributed by atoms with Crippen molar-refractivity contribution in [2.24, 2.45) is 0 Å². The highest BCUT2D eigenvalue weighted by Gasteiger charge is 2.46. The molecule has 0 aliphatic heterocycles. The Kier molecular flexibility index (Phi) is 8.95. The Labute approximate surface area is 402 Å². The molecule has 0 radical (unpaired) electrons. The van der Waals surface area contributed by atoms with Crippen LogP contribution in [0.4, 0.5) is 0 Å². The first kappa shape index (κ1) is 39.4. The van der Waals surface area contributed by atoms with Crippen molar-refractivity contribution in [2.45, 2.75) is 5.41 Å². The summed E-state index contributed by atoms with van der Waals surface area (Å²) in [7, 11) is 0. The Morgan fingerprint density at radius 2 is 0.783 bits per heavy atom. The van der Waals surface area contributed by atoms with Gasteiger partial charge in [0, 0.05) is 47.6 Å². The summed E-state index contributed by atoms with van der Waals surface area (Å²) in [5.74, 6) is 1.81. The first-order valence-electron chi connectivity index (χ1n) is 23.3. The second-order valence-corrected chi connectivity index (χ2v) is 18.9. The number of aromatic nitrogens is 3. The molecule has 0 saturated carbocycles. The number of furan rings is 1. The lowest BCUT2D eigenvalue weighted by atomic mass is 9.67. The van der Waals surface area contributed by atoms with Crippen LogP contribution in [-0.2, 0) is 5.41 Å². The fourth-order valence-electron chi connectivity index (χ4n) is 10.9. The van der Waals surface area contributed by atoms with Gasteiger partial charge in [-0.15, -0.1) is 11.3 Å². The zero-order valence-corrected chi connectivity index (χ0v) is 38.0. The van der Waals surface area contributed by atoms with E-state index in [4.69, 9.17) is 19.4 Å². The van der Waals surface area contributed by atoms with E-state index < -0.39 is 5.41 Å². The van der Waals surface area contributed by atoms with Crippen molar-refractivity contribution in [3.8, 4) is 67.5 Å². The SMILES string of the molecule is c1ccc(-c2ccccc2-c2ccc3oc4ccc(-c5nc(-c6cccc(C7(c8ccccc8)c8ccccc8-c8ccccc87)c6)nc(-c6ccc7c(c6)sc6ccccc67)n5)cc4c3c2)cc1. The van der Waals surface area contributed by atoms with E-state index in [1.54, 1.807) is 11.3 Å². The number of hydrogen-bond donors (Lipinski definition) is 0. The molecule has 0 N–H and O–H groups in total. The normalized spacial score (nSPS) is 12.8. The summed E-state index contributed by atoms with van der Waals surface area (Å²) in [5.41, 5.74) is 15.8. The Morgan fingerprint density at radius 3 is 1.48 bits per heavy atom. The molecule has 3 aromatic heterocycles. The number of hydrogen-bond acceptors (Lipinski definition) is 5. The monoisotopic (exact) mass is 897 g/mol. The van der Waals surface area contributed by atoms with Gasteiger partial charge in [-0.05, 0) is 104 Å². The highest BCUT2D eigenvalue weighted by atomic mass is 32.1. The fourth-order valence-corrected chi connectivity index (χ4v) is 12.1. The van der Waals surface area contributed by atoms with Crippen LogP contribution in [0.3, 0.4) is 0 Å². The van der Waals surface area contributed by atoms with Gasteiger partial charge in [0.2, 0.25) is 0 Å². The van der Waals surface area contributed by atoms with Crippen molar-refractivity contribution in [1.82, 2.24) is 15.0 Å². The molecular formula is C64H39N3OS. The summed E-state index contributed by atoms with van der Waals surface area (Å²) in [4.78, 5) is 16.1. The lowest BCUT2D eigenvalue weighted by Crippen LogP contribution is -2.28. The van der Waals surface area contributed by atoms with Gasteiger partial charge in [0.05, 0.1) is 5.41 Å². The molecule has 0 atom stereocenters. The summed E-state index contributed by atoms with van der Waals surface area (Å²) in [5, 5.41) is 4.52. The second kappa shape index (κ2) is 15.7. The van der Waals surface area contributed by atoms with E-state index >= 15 is 0 Å². The zero-order valence-electron chi connectivity index (χ0n) is 37.2. The highest BCUT2D eigenvalue weighted by molar-refractivity contribution is 7.25. The van der Waals surface area contributed by atoms with E-state index in [0.29, 0.717) is 17.5 Å². The molecule has 0 fully saturated rings. The quantitative estimate of drug-likeness (QED) is 0.160. The van der Waals surface area contributed by atoms with Crippen LogP contribution >= 0.6 is 11.3 Å². The van der Waals surface area contributed by atoms with Crippen LogP contribution in [0, 0.1) is 0 Å². The van der Waals surface area contributed by atoms with E-state index in [1.807, 2.05) is 6.07 Å². The van der Waals surface area contributed by atoms with Gasteiger partial charge in [-0.25, -0.2) is 15.0 Å². The molecule has 5 heteroatoms. The standard InChI is InChI=1S/C64H39N3OS/c1-3-16-40(17-4-1)47-22-7-8-23-48(47)41-31-34-57-53(37-41)54-38-43(32-35-58(54)68-57)62-65-61(66-63(67-62)44-30-33-52-51-26-11-14-29-59(51)69-60(52)39-44)42-18-15-21-46(36-42)64(45-19-5-2-6-20-45)55-27-12-9-24-49(55)50-25-10-13-28-56(50)64/h1-39H. The van der Waals surface area contributed by atoms with Crippen molar-refractivity contribution in [1.29, 1.82) is 0 Å². The summed E-state index contributed by atoms with van der Waals surface area (Å²) >= 11 is 1.79. The number of fused-ring (bicyclic) bond motifs is 9. The van der Waals surface area contributed by atoms with Crippen LogP contribution in [0.5, 0.6) is 0 Å². The summed E-state index contributed by atoms with van der Waals surface area (Å²) in [6.07, 6.45) is 0. The molecule has 4 nitrogen and oxygen atoms in total. The zero-order chi connectivity index (χ0) is 45.5. The molecule has 0 bridgehead atoms. The van der Waals surface area contributed by atoms with Crippen LogP contribution in [0.25, 0.3) is 110 Å². The van der Waals surface area contributed by atoms with Crippen molar-refractivity contribution in [3.63, 3.8) is 0 Å². The molecule has 3 heterocycles. The molecule has 10 aromatic carbocycles. The first-order chi connectivity index (χ1) is 34.2. The number of nitrogens with zero attached hydrogens (tertiary/aromatic N) is 3. The molecular weight excluding hydrogens is 859 g/mol. The van der Waals surface area contributed by atoms with E-state index in [-0.39, 0.29) is 0 Å². The Bertz CT molecular complexity index is 4110. The minimum Gasteiger partial charge on any atom is -0.456 e. The van der Waals surface area contributed by atoms with Gasteiger partial charge in [0.1, 0.15) is 11.2 Å². The Morgan fingerprint density at radius 1 is 0.304 bits per heavy atom. The van der Waals surface area contributed by atoms with Crippen molar-refractivity contribution < 1.29 is 4.42 Å². The average Bonchev–Trinajstić information content (AvgIpc) is 4.09. The molecule has 0 saturated heterocycles. The van der Waals surface area contributed by atoms with Crippen molar-refractivity contribution in [2.75, 3.05) is 0 Å². The van der Waals surface area contributed by atoms with Crippen LogP contribution < -0.4 is 0 Å². The summed E-state index contributed by atoms with van der Waals surface area (Å²) in [6, 6.07) is 84.6. The number of benzene rings is 10. The molecule has 1 aliphatic carbocycles. The number of thiophene rings is 1. The van der Waals surface area contributed by atoms with E-state index in [9.17, 15) is 0 Å². The molecule has 69 heavy (non-hydrogen) atoms. The van der Waals surface area contributed by atoms with Crippen molar-refractivity contribution in [3.05, 3.63) is 259 Å². The molecule has 13 aromatic rings. The second-order valence-electron chi connectivity index (χ2n) is 17.8. The van der Waals surface area contributed by atoms with Crippen LogP contribution in [-0.4, -0.2) is 15.0 Å². The highest BCUT2D eigenvalue weighted by Crippen LogP contribution is 2.56. The third-order valence-corrected chi connectivity index (χ3v) is 15.2. The Balaban J connectivity index is 0.960. The van der Waals surface area contributed by atoms with Gasteiger partial charge < -0.3 is 4.42 Å². The summed E-state index contributed by atoms with van der Waals surface area (Å²) < 4.78 is 8.96. The largest absolute Gasteiger partial charge is 0.456 e. The van der Waals surface area contributed by atoms with Gasteiger partial charge in [0.25, 0.3) is 0 Å². The van der Waals surface area contributed by atoms with E-state index in [0.717, 1.165) is 49.8 Å². The van der Waals surface area contributed by atoms with Crippen molar-refractivity contribution >= 4 is 53.4 Å². The van der Waals surface area contributed by atoms with Crippen LogP contribution in [0.2, 0.25) is 0 Å². The van der Waals surface area contributed by atoms with E-state index in [2.05, 4.69) is 231 Å². The molecule has 0 amide bonds. The minimum atomic E-state index is -0.566. The average molecular weight is 898 g/mol. The topological polar surface area (TPSA) is 51.8 Å². The first-order valence-corrected chi connectivity index (χ1v) is 24.1. The van der Waals surface area contributed by atoms with Gasteiger partial charge in [0.15, 0.2) is 17.5 Å². The third-order valence-electron chi connectivity index (χ3n) is 14.0. The maximum atomic E-state index is 6.51. The van der Waals surface area contributed by atoms with Crippen LogP contribution in [0.1, 0.15) is 22.3 Å². The molecule has 14 rings (SSSR count). The van der Waals surface area contributed by atoms with Gasteiger partial charge in [-0.3, -0.25) is 0 Å². The molecule has 1 aliphatic rings. The predicted octanol–water partition coefficient (Wildman–Crippen LogP) is 16.8. The van der Waals surface area contributed by atoms with Gasteiger partial charge in [-0.1, -0.05) is 188 Å². The maximum Gasteiger partial charge on any atom is 0.164 e. The summed E-state index contributed by atoms with van der Waals surface area (Å²) in [6.45, 7) is 0. The van der Waals surface area contributed by atoms with E-state index in [1.165, 1.54) is 64.7 Å². The lowest BCUT2D eigenvalue weighted by molar-refractivity contribution is 0.669. The molecule has 0 unspecified atom stereocenters. The Hall–Kier alpha value is -8.77. The maximum absolute atomic E-state index is 6.51. The van der Waals surface area contributed by atoms with Gasteiger partial charge in [-0.2, -0.15) is 0 Å². The van der Waals surface area contributed by atoms with Gasteiger partial charge >= 0.3 is 0 Å². The van der Waals surface area contributed by atoms with Crippen LogP contribution in [0.15, 0.2) is 241 Å². The smallest absolute Gasteiger partial charge is 0.164 e. The lowest BCUT2D eigenvalue weighted by Gasteiger charge is -2.34. The fraction of sp³-hybridized carbons (Fsp3) is 0.0156. The minimum absolute atomic E-state index is 0.566. The molecule has 322 valence electrons. The predicted molar refractivity (Wildman–Crippen MR) is 284 cm³/mol. The molecule has 0 spiro atoms.